The third-order valence-corrected chi connectivity index (χ3v) is 1.65. The molecule has 0 radical (unpaired) electrons. The van der Waals surface area contributed by atoms with Gasteiger partial charge in [-0.25, -0.2) is 4.79 Å². The smallest absolute Gasteiger partial charge is 0.374 e. The van der Waals surface area contributed by atoms with Crippen molar-refractivity contribution in [1.29, 1.82) is 0 Å². The first-order valence-corrected chi connectivity index (χ1v) is 3.54. The Kier molecular flexibility index (Phi) is 1.48. The Hall–Kier alpha value is -1.98. The van der Waals surface area contributed by atoms with Gasteiger partial charge in [0.2, 0.25) is 5.76 Å². The summed E-state index contributed by atoms with van der Waals surface area (Å²) < 4.78 is 9.57. The van der Waals surface area contributed by atoms with Crippen LogP contribution < -0.4 is 5.73 Å². The van der Waals surface area contributed by atoms with E-state index in [0.717, 1.165) is 0 Å². The van der Waals surface area contributed by atoms with E-state index in [-0.39, 0.29) is 11.6 Å². The van der Waals surface area contributed by atoms with Gasteiger partial charge in [-0.3, -0.25) is 5.10 Å². The Morgan fingerprint density at radius 3 is 3.15 bits per heavy atom. The zero-order valence-corrected chi connectivity index (χ0v) is 6.83. The molecule has 2 aromatic rings. The lowest BCUT2D eigenvalue weighted by molar-refractivity contribution is 0.0568. The van der Waals surface area contributed by atoms with Crippen LogP contribution in [0, 0.1) is 0 Å². The van der Waals surface area contributed by atoms with Crippen LogP contribution in [0.4, 0.5) is 5.82 Å². The van der Waals surface area contributed by atoms with E-state index >= 15 is 0 Å². The molecule has 0 aliphatic carbocycles. The normalized spacial score (nSPS) is 10.5. The van der Waals surface area contributed by atoms with Crippen molar-refractivity contribution in [2.24, 2.45) is 0 Å². The van der Waals surface area contributed by atoms with Crippen molar-refractivity contribution in [2.75, 3.05) is 12.8 Å². The summed E-state index contributed by atoms with van der Waals surface area (Å²) in [7, 11) is 1.28. The number of esters is 1. The van der Waals surface area contributed by atoms with E-state index in [9.17, 15) is 4.79 Å². The summed E-state index contributed by atoms with van der Waals surface area (Å²) in [6.07, 6.45) is 0. The van der Waals surface area contributed by atoms with Gasteiger partial charge in [-0.15, -0.1) is 0 Å². The highest BCUT2D eigenvalue weighted by atomic mass is 16.5. The molecule has 0 saturated heterocycles. The fraction of sp³-hybridized carbons (Fsp3) is 0.143. The topological polar surface area (TPSA) is 94.1 Å². The Bertz CT molecular complexity index is 456. The average molecular weight is 181 g/mol. The predicted octanol–water partition coefficient (Wildman–Crippen LogP) is 0.525. The zero-order chi connectivity index (χ0) is 9.42. The molecule has 0 spiro atoms. The maximum absolute atomic E-state index is 11.0. The number of nitrogens with two attached hydrogens (primary N) is 1. The van der Waals surface area contributed by atoms with Crippen molar-refractivity contribution in [3.8, 4) is 0 Å². The minimum Gasteiger partial charge on any atom is -0.463 e. The summed E-state index contributed by atoms with van der Waals surface area (Å²) in [6, 6.07) is 1.49. The highest BCUT2D eigenvalue weighted by Gasteiger charge is 2.15. The molecule has 68 valence electrons. The quantitative estimate of drug-likeness (QED) is 0.625. The van der Waals surface area contributed by atoms with Crippen molar-refractivity contribution in [2.45, 2.75) is 0 Å². The molecule has 3 N–H and O–H groups in total. The van der Waals surface area contributed by atoms with Crippen molar-refractivity contribution in [3.05, 3.63) is 11.8 Å². The van der Waals surface area contributed by atoms with Crippen LogP contribution in [0.2, 0.25) is 0 Å². The van der Waals surface area contributed by atoms with E-state index in [4.69, 9.17) is 10.2 Å². The second-order valence-corrected chi connectivity index (χ2v) is 2.45. The van der Waals surface area contributed by atoms with Gasteiger partial charge in [-0.2, -0.15) is 5.10 Å². The van der Waals surface area contributed by atoms with E-state index in [1.54, 1.807) is 0 Å². The van der Waals surface area contributed by atoms with Crippen molar-refractivity contribution in [3.63, 3.8) is 0 Å². The highest BCUT2D eigenvalue weighted by Crippen LogP contribution is 2.21. The number of nitrogen functional groups attached to an aromatic ring is 1. The Morgan fingerprint density at radius 1 is 1.77 bits per heavy atom. The van der Waals surface area contributed by atoms with Crippen LogP contribution in [0.25, 0.3) is 11.1 Å². The molecule has 0 fully saturated rings. The summed E-state index contributed by atoms with van der Waals surface area (Å²) in [5.74, 6) is -0.202. The van der Waals surface area contributed by atoms with Crippen molar-refractivity contribution < 1.29 is 13.9 Å². The van der Waals surface area contributed by atoms with E-state index in [1.807, 2.05) is 0 Å². The number of fused-ring (bicyclic) bond motifs is 1. The first-order valence-electron chi connectivity index (χ1n) is 3.54. The van der Waals surface area contributed by atoms with Crippen LogP contribution in [0.15, 0.2) is 10.5 Å². The van der Waals surface area contributed by atoms with E-state index in [0.29, 0.717) is 11.1 Å². The highest BCUT2D eigenvalue weighted by molar-refractivity contribution is 5.93. The number of aromatic nitrogens is 2. The first-order chi connectivity index (χ1) is 6.22. The Labute approximate surface area is 72.6 Å². The third kappa shape index (κ3) is 1.03. The van der Waals surface area contributed by atoms with Crippen LogP contribution >= 0.6 is 0 Å². The average Bonchev–Trinajstić information content (AvgIpc) is 2.67. The standard InChI is InChI=1S/C7H7N3O3/c1-12-7(11)4-2-3-5(13-4)6(8)10-9-3/h2H,1H3,(H3,8,9,10). The van der Waals surface area contributed by atoms with Crippen LogP contribution in [0.5, 0.6) is 0 Å². The molecule has 0 saturated carbocycles. The fourth-order valence-corrected chi connectivity index (χ4v) is 1.04. The molecule has 6 heteroatoms. The number of hydrogen-bond donors (Lipinski definition) is 2. The number of furan rings is 1. The molecule has 2 rings (SSSR count). The number of H-pyrrole nitrogens is 1. The number of rotatable bonds is 1. The number of nitrogens with one attached hydrogen (secondary N) is 1. The molecule has 2 heterocycles. The zero-order valence-electron chi connectivity index (χ0n) is 6.83. The van der Waals surface area contributed by atoms with Gasteiger partial charge in [0.1, 0.15) is 5.52 Å². The van der Waals surface area contributed by atoms with Gasteiger partial charge in [-0.1, -0.05) is 0 Å². The molecule has 0 aliphatic heterocycles. The minimum absolute atomic E-state index is 0.109. The lowest BCUT2D eigenvalue weighted by Gasteiger charge is -1.91. The Morgan fingerprint density at radius 2 is 2.54 bits per heavy atom. The molecule has 13 heavy (non-hydrogen) atoms. The van der Waals surface area contributed by atoms with Gasteiger partial charge < -0.3 is 14.9 Å². The number of carbonyl (C=O) groups excluding carboxylic acids is 1. The Balaban J connectivity index is 2.56. The van der Waals surface area contributed by atoms with Gasteiger partial charge >= 0.3 is 5.97 Å². The SMILES string of the molecule is COC(=O)c1cc2[nH]nc(N)c2o1. The largest absolute Gasteiger partial charge is 0.463 e. The lowest BCUT2D eigenvalue weighted by atomic mass is 10.4. The van der Waals surface area contributed by atoms with E-state index < -0.39 is 5.97 Å². The number of hydrogen-bond acceptors (Lipinski definition) is 5. The third-order valence-electron chi connectivity index (χ3n) is 1.65. The molecular formula is C7H7N3O3. The summed E-state index contributed by atoms with van der Waals surface area (Å²) in [5.41, 5.74) is 6.40. The van der Waals surface area contributed by atoms with Crippen molar-refractivity contribution >= 4 is 22.9 Å². The molecule has 0 aromatic carbocycles. The molecule has 6 nitrogen and oxygen atoms in total. The molecular weight excluding hydrogens is 174 g/mol. The van der Waals surface area contributed by atoms with Gasteiger partial charge in [-0.05, 0) is 0 Å². The number of methoxy groups -OCH3 is 1. The van der Waals surface area contributed by atoms with Crippen molar-refractivity contribution in [1.82, 2.24) is 10.2 Å². The molecule has 0 unspecified atom stereocenters. The first kappa shape index (κ1) is 7.66. The van der Waals surface area contributed by atoms with Crippen LogP contribution in [-0.4, -0.2) is 23.3 Å². The number of aromatic amines is 1. The summed E-state index contributed by atoms with van der Waals surface area (Å²) in [6.45, 7) is 0. The number of ether oxygens (including phenoxy) is 1. The number of carbonyl (C=O) groups is 1. The molecule has 2 aromatic heterocycles. The van der Waals surface area contributed by atoms with Gasteiger partial charge in [0.15, 0.2) is 11.4 Å². The second-order valence-electron chi connectivity index (χ2n) is 2.45. The monoisotopic (exact) mass is 181 g/mol. The second kappa shape index (κ2) is 2.51. The summed E-state index contributed by atoms with van der Waals surface area (Å²) in [5, 5.41) is 6.30. The maximum atomic E-state index is 11.0. The van der Waals surface area contributed by atoms with Crippen LogP contribution in [0.3, 0.4) is 0 Å². The number of anilines is 1. The molecule has 0 bridgehead atoms. The summed E-state index contributed by atoms with van der Waals surface area (Å²) in [4.78, 5) is 11.0. The van der Waals surface area contributed by atoms with Gasteiger partial charge in [0, 0.05) is 6.07 Å². The lowest BCUT2D eigenvalue weighted by Crippen LogP contribution is -1.98. The molecule has 0 amide bonds. The summed E-state index contributed by atoms with van der Waals surface area (Å²) >= 11 is 0. The minimum atomic E-state index is -0.538. The van der Waals surface area contributed by atoms with E-state index in [1.165, 1.54) is 13.2 Å². The maximum Gasteiger partial charge on any atom is 0.374 e. The molecule has 0 aliphatic rings. The van der Waals surface area contributed by atoms with Gasteiger partial charge in [0.05, 0.1) is 7.11 Å². The van der Waals surface area contributed by atoms with Crippen LogP contribution in [0.1, 0.15) is 10.6 Å². The fourth-order valence-electron chi connectivity index (χ4n) is 1.04. The molecule has 0 atom stereocenters. The van der Waals surface area contributed by atoms with E-state index in [2.05, 4.69) is 14.9 Å². The van der Waals surface area contributed by atoms with Crippen LogP contribution in [-0.2, 0) is 4.74 Å². The predicted molar refractivity (Wildman–Crippen MR) is 44.1 cm³/mol. The number of nitrogens with zero attached hydrogens (tertiary/aromatic N) is 1. The van der Waals surface area contributed by atoms with Gasteiger partial charge in [0.25, 0.3) is 0 Å².